The van der Waals surface area contributed by atoms with Crippen molar-refractivity contribution in [2.75, 3.05) is 26.8 Å². The molecule has 0 fully saturated rings. The summed E-state index contributed by atoms with van der Waals surface area (Å²) in [5.74, 6) is -0.0353. The summed E-state index contributed by atoms with van der Waals surface area (Å²) in [4.78, 5) is 0.247. The summed E-state index contributed by atoms with van der Waals surface area (Å²) in [6.45, 7) is 2.55. The summed E-state index contributed by atoms with van der Waals surface area (Å²) in [6, 6.07) is 6.74. The lowest BCUT2D eigenvalue weighted by Gasteiger charge is -2.21. The first-order valence-electron chi connectivity index (χ1n) is 6.26. The highest BCUT2D eigenvalue weighted by atomic mass is 32.2. The second-order valence-electron chi connectivity index (χ2n) is 4.49. The van der Waals surface area contributed by atoms with E-state index in [2.05, 4.69) is 0 Å². The third-order valence-corrected chi connectivity index (χ3v) is 4.70. The van der Waals surface area contributed by atoms with Gasteiger partial charge in [0.1, 0.15) is 0 Å². The maximum atomic E-state index is 12.6. The molecule has 0 saturated carbocycles. The number of nitrogens with one attached hydrogen (secondary N) is 1. The molecule has 0 atom stereocenters. The number of amidine groups is 1. The zero-order valence-electron chi connectivity index (χ0n) is 11.8. The van der Waals surface area contributed by atoms with Crippen LogP contribution in [0.25, 0.3) is 0 Å². The predicted octanol–water partition coefficient (Wildman–Crippen LogP) is 0.958. The molecule has 1 rings (SSSR count). The van der Waals surface area contributed by atoms with Crippen molar-refractivity contribution >= 4 is 15.9 Å². The fourth-order valence-corrected chi connectivity index (χ4v) is 3.25. The Balaban J connectivity index is 3.00. The first kappa shape index (κ1) is 16.6. The molecular weight excluding hydrogens is 278 g/mol. The number of ether oxygens (including phenoxy) is 1. The van der Waals surface area contributed by atoms with E-state index < -0.39 is 10.0 Å². The number of rotatable bonds is 8. The van der Waals surface area contributed by atoms with Crippen molar-refractivity contribution in [2.45, 2.75) is 18.2 Å². The molecule has 0 bridgehead atoms. The molecule has 6 nitrogen and oxygen atoms in total. The Morgan fingerprint density at radius 1 is 1.40 bits per heavy atom. The van der Waals surface area contributed by atoms with Crippen molar-refractivity contribution in [3.63, 3.8) is 0 Å². The minimum absolute atomic E-state index is 0.0353. The average Bonchev–Trinajstić information content (AvgIpc) is 2.38. The van der Waals surface area contributed by atoms with Crippen LogP contribution in [-0.4, -0.2) is 45.4 Å². The third kappa shape index (κ3) is 4.59. The minimum Gasteiger partial charge on any atom is -0.388 e. The van der Waals surface area contributed by atoms with Gasteiger partial charge in [0, 0.05) is 26.6 Å². The molecule has 1 aromatic rings. The molecule has 112 valence electrons. The molecule has 3 N–H and O–H groups in total. The molecule has 20 heavy (non-hydrogen) atoms. The molecular formula is C13H21N3O3S. The number of hydrogen-bond acceptors (Lipinski definition) is 4. The van der Waals surface area contributed by atoms with Crippen molar-refractivity contribution in [3.05, 3.63) is 29.8 Å². The number of benzene rings is 1. The molecule has 0 aromatic heterocycles. The van der Waals surface area contributed by atoms with Gasteiger partial charge in [0.05, 0.1) is 17.3 Å². The van der Waals surface area contributed by atoms with Gasteiger partial charge in [-0.25, -0.2) is 8.42 Å². The Morgan fingerprint density at radius 2 is 2.10 bits per heavy atom. The summed E-state index contributed by atoms with van der Waals surface area (Å²) in [5.41, 5.74) is 6.19. The number of hydrogen-bond donors (Lipinski definition) is 2. The van der Waals surface area contributed by atoms with Gasteiger partial charge < -0.3 is 10.5 Å². The molecule has 0 spiro atoms. The van der Waals surface area contributed by atoms with E-state index in [0.29, 0.717) is 6.61 Å². The van der Waals surface area contributed by atoms with E-state index in [4.69, 9.17) is 15.9 Å². The molecule has 0 aliphatic carbocycles. The van der Waals surface area contributed by atoms with Crippen molar-refractivity contribution in [1.29, 1.82) is 5.41 Å². The minimum atomic E-state index is -3.59. The van der Waals surface area contributed by atoms with Gasteiger partial charge in [-0.15, -0.1) is 0 Å². The summed E-state index contributed by atoms with van der Waals surface area (Å²) in [7, 11) is -2.07. The second-order valence-corrected chi connectivity index (χ2v) is 6.43. The maximum absolute atomic E-state index is 12.6. The van der Waals surface area contributed by atoms with Crippen LogP contribution >= 0.6 is 0 Å². The Labute approximate surface area is 120 Å². The van der Waals surface area contributed by atoms with Crippen LogP contribution in [0.1, 0.15) is 12.0 Å². The fourth-order valence-electron chi connectivity index (χ4n) is 1.72. The first-order valence-corrected chi connectivity index (χ1v) is 7.70. The van der Waals surface area contributed by atoms with Gasteiger partial charge >= 0.3 is 0 Å². The molecule has 0 aliphatic heterocycles. The lowest BCUT2D eigenvalue weighted by Crippen LogP contribution is -2.36. The van der Waals surface area contributed by atoms with E-state index in [1.54, 1.807) is 18.2 Å². The first-order chi connectivity index (χ1) is 9.37. The normalized spacial score (nSPS) is 11.8. The molecule has 0 aliphatic rings. The van der Waals surface area contributed by atoms with Gasteiger partial charge in [0.2, 0.25) is 10.0 Å². The predicted molar refractivity (Wildman–Crippen MR) is 78.3 cm³/mol. The van der Waals surface area contributed by atoms with Crippen LogP contribution in [0, 0.1) is 12.3 Å². The highest BCUT2D eigenvalue weighted by molar-refractivity contribution is 7.89. The zero-order chi connectivity index (χ0) is 15.2. The summed E-state index contributed by atoms with van der Waals surface area (Å²) in [6.07, 6.45) is 0.203. The number of sulfonamides is 1. The van der Waals surface area contributed by atoms with Crippen LogP contribution in [0.2, 0.25) is 0 Å². The molecule has 0 heterocycles. The number of nitrogens with zero attached hydrogens (tertiary/aromatic N) is 1. The van der Waals surface area contributed by atoms with E-state index in [-0.39, 0.29) is 30.2 Å². The Morgan fingerprint density at radius 3 is 2.65 bits per heavy atom. The highest BCUT2D eigenvalue weighted by Crippen LogP contribution is 2.17. The molecule has 1 aromatic carbocycles. The standard InChI is InChI=1S/C13H21N3O3S/c1-11-4-3-5-12(10-11)20(17,18)16(8-9-19-2)7-6-13(14)15/h3-5,10H,6-9H2,1-2H3,(H3,14,15). The van der Waals surface area contributed by atoms with Crippen molar-refractivity contribution in [3.8, 4) is 0 Å². The maximum Gasteiger partial charge on any atom is 0.243 e. The molecule has 0 amide bonds. The topological polar surface area (TPSA) is 96.5 Å². The number of methoxy groups -OCH3 is 1. The van der Waals surface area contributed by atoms with Crippen molar-refractivity contribution in [1.82, 2.24) is 4.31 Å². The number of aryl methyl sites for hydroxylation is 1. The van der Waals surface area contributed by atoms with Gasteiger partial charge in [-0.05, 0) is 24.6 Å². The lowest BCUT2D eigenvalue weighted by molar-refractivity contribution is 0.179. The molecule has 0 radical (unpaired) electrons. The lowest BCUT2D eigenvalue weighted by atomic mass is 10.2. The van der Waals surface area contributed by atoms with E-state index in [9.17, 15) is 8.42 Å². The Hall–Kier alpha value is -1.44. The van der Waals surface area contributed by atoms with E-state index in [1.165, 1.54) is 11.4 Å². The van der Waals surface area contributed by atoms with Crippen LogP contribution in [0.5, 0.6) is 0 Å². The molecule has 0 unspecified atom stereocenters. The quantitative estimate of drug-likeness (QED) is 0.552. The zero-order valence-corrected chi connectivity index (χ0v) is 12.6. The van der Waals surface area contributed by atoms with Crippen molar-refractivity contribution < 1.29 is 13.2 Å². The van der Waals surface area contributed by atoms with Crippen molar-refractivity contribution in [2.24, 2.45) is 5.73 Å². The third-order valence-electron chi connectivity index (χ3n) is 2.80. The van der Waals surface area contributed by atoms with Crippen LogP contribution < -0.4 is 5.73 Å². The van der Waals surface area contributed by atoms with Gasteiger partial charge in [-0.3, -0.25) is 5.41 Å². The number of nitrogens with two attached hydrogens (primary N) is 1. The van der Waals surface area contributed by atoms with Gasteiger partial charge in [0.25, 0.3) is 0 Å². The van der Waals surface area contributed by atoms with E-state index in [0.717, 1.165) is 5.56 Å². The Kier molecular flexibility index (Phi) is 6.12. The average molecular weight is 299 g/mol. The molecule has 7 heteroatoms. The van der Waals surface area contributed by atoms with E-state index in [1.807, 2.05) is 13.0 Å². The van der Waals surface area contributed by atoms with E-state index >= 15 is 0 Å². The van der Waals surface area contributed by atoms with Crippen LogP contribution in [-0.2, 0) is 14.8 Å². The summed E-state index contributed by atoms with van der Waals surface area (Å²) < 4.78 is 31.4. The van der Waals surface area contributed by atoms with Gasteiger partial charge in [0.15, 0.2) is 0 Å². The van der Waals surface area contributed by atoms with Gasteiger partial charge in [-0.1, -0.05) is 12.1 Å². The SMILES string of the molecule is COCCN(CCC(=N)N)S(=O)(=O)c1cccc(C)c1. The smallest absolute Gasteiger partial charge is 0.243 e. The van der Waals surface area contributed by atoms with Crippen LogP contribution in [0.4, 0.5) is 0 Å². The molecule has 0 saturated heterocycles. The van der Waals surface area contributed by atoms with Crippen LogP contribution in [0.15, 0.2) is 29.2 Å². The van der Waals surface area contributed by atoms with Gasteiger partial charge in [-0.2, -0.15) is 4.31 Å². The Bertz CT molecular complexity index is 558. The summed E-state index contributed by atoms with van der Waals surface area (Å²) in [5, 5.41) is 7.23. The second kappa shape index (κ2) is 7.37. The van der Waals surface area contributed by atoms with Crippen LogP contribution in [0.3, 0.4) is 0 Å². The summed E-state index contributed by atoms with van der Waals surface area (Å²) >= 11 is 0. The highest BCUT2D eigenvalue weighted by Gasteiger charge is 2.24. The fraction of sp³-hybridized carbons (Fsp3) is 0.462. The monoisotopic (exact) mass is 299 g/mol. The largest absolute Gasteiger partial charge is 0.388 e.